The molecule has 2 fully saturated rings. The molecule has 2 aliphatic rings. The highest BCUT2D eigenvalue weighted by Crippen LogP contribution is 2.40. The molecule has 0 aromatic carbocycles. The van der Waals surface area contributed by atoms with Crippen molar-refractivity contribution in [2.75, 3.05) is 0 Å². The predicted molar refractivity (Wildman–Crippen MR) is 76.9 cm³/mol. The maximum absolute atomic E-state index is 11.2. The molecule has 19 heavy (non-hydrogen) atoms. The minimum Gasteiger partial charge on any atom is -0.461 e. The zero-order valence-corrected chi connectivity index (χ0v) is 12.7. The lowest BCUT2D eigenvalue weighted by atomic mass is 9.68. The molecule has 0 spiro atoms. The van der Waals surface area contributed by atoms with Crippen LogP contribution in [0.4, 0.5) is 0 Å². The SMILES string of the molecule is CCCC[C@@H]1CCC[C@H]2N[C@@H](C)[C@@H](OC(C)=O)C[C@@H]12. The Balaban J connectivity index is 1.99. The van der Waals surface area contributed by atoms with Gasteiger partial charge in [0.1, 0.15) is 6.10 Å². The fourth-order valence-corrected chi connectivity index (χ4v) is 4.03. The molecular weight excluding hydrogens is 238 g/mol. The number of rotatable bonds is 4. The number of hydrogen-bond acceptors (Lipinski definition) is 3. The highest BCUT2D eigenvalue weighted by molar-refractivity contribution is 5.66. The maximum Gasteiger partial charge on any atom is 0.302 e. The minimum atomic E-state index is -0.141. The fourth-order valence-electron chi connectivity index (χ4n) is 4.03. The summed E-state index contributed by atoms with van der Waals surface area (Å²) in [6.07, 6.45) is 9.11. The lowest BCUT2D eigenvalue weighted by Gasteiger charge is -2.47. The van der Waals surface area contributed by atoms with Gasteiger partial charge in [0.2, 0.25) is 0 Å². The molecule has 1 saturated carbocycles. The van der Waals surface area contributed by atoms with Gasteiger partial charge in [-0.3, -0.25) is 4.79 Å². The molecule has 0 unspecified atom stereocenters. The van der Waals surface area contributed by atoms with Crippen molar-refractivity contribution in [2.24, 2.45) is 11.8 Å². The molecular formula is C16H29NO2. The molecule has 0 bridgehead atoms. The number of ether oxygens (including phenoxy) is 1. The normalized spacial score (nSPS) is 38.6. The molecule has 0 aromatic heterocycles. The topological polar surface area (TPSA) is 38.3 Å². The van der Waals surface area contributed by atoms with Crippen molar-refractivity contribution in [2.45, 2.75) is 83.9 Å². The first kappa shape index (κ1) is 14.8. The van der Waals surface area contributed by atoms with Gasteiger partial charge in [0, 0.05) is 19.0 Å². The number of hydrogen-bond donors (Lipinski definition) is 1. The molecule has 1 saturated heterocycles. The Hall–Kier alpha value is -0.570. The number of esters is 1. The first-order valence-electron chi connectivity index (χ1n) is 8.05. The number of carbonyl (C=O) groups excluding carboxylic acids is 1. The summed E-state index contributed by atoms with van der Waals surface area (Å²) in [5.41, 5.74) is 0. The van der Waals surface area contributed by atoms with Gasteiger partial charge in [-0.15, -0.1) is 0 Å². The van der Waals surface area contributed by atoms with Gasteiger partial charge in [-0.05, 0) is 31.6 Å². The second kappa shape index (κ2) is 6.74. The molecule has 3 nitrogen and oxygen atoms in total. The molecule has 2 rings (SSSR count). The van der Waals surface area contributed by atoms with Crippen LogP contribution in [-0.4, -0.2) is 24.2 Å². The average Bonchev–Trinajstić information content (AvgIpc) is 2.36. The second-order valence-electron chi connectivity index (χ2n) is 6.44. The van der Waals surface area contributed by atoms with Gasteiger partial charge >= 0.3 is 5.97 Å². The van der Waals surface area contributed by atoms with Gasteiger partial charge in [-0.2, -0.15) is 0 Å². The first-order chi connectivity index (χ1) is 9.11. The van der Waals surface area contributed by atoms with Crippen LogP contribution in [0.5, 0.6) is 0 Å². The Bertz CT molecular complexity index is 305. The van der Waals surface area contributed by atoms with Gasteiger partial charge < -0.3 is 10.1 Å². The van der Waals surface area contributed by atoms with Gasteiger partial charge in [-0.1, -0.05) is 39.0 Å². The third kappa shape index (κ3) is 3.71. The van der Waals surface area contributed by atoms with Crippen molar-refractivity contribution in [3.8, 4) is 0 Å². The van der Waals surface area contributed by atoms with Crippen molar-refractivity contribution >= 4 is 5.97 Å². The molecule has 0 amide bonds. The molecule has 1 heterocycles. The number of fused-ring (bicyclic) bond motifs is 1. The molecule has 0 radical (unpaired) electrons. The largest absolute Gasteiger partial charge is 0.461 e. The molecule has 1 N–H and O–H groups in total. The van der Waals surface area contributed by atoms with E-state index in [1.807, 2.05) is 0 Å². The lowest BCUT2D eigenvalue weighted by Crippen LogP contribution is -2.57. The Kier molecular flexibility index (Phi) is 5.26. The summed E-state index contributed by atoms with van der Waals surface area (Å²) in [5.74, 6) is 1.40. The average molecular weight is 267 g/mol. The van der Waals surface area contributed by atoms with Crippen LogP contribution in [0.2, 0.25) is 0 Å². The van der Waals surface area contributed by atoms with E-state index in [1.165, 1.54) is 45.4 Å². The molecule has 1 aliphatic carbocycles. The second-order valence-corrected chi connectivity index (χ2v) is 6.44. The molecule has 110 valence electrons. The van der Waals surface area contributed by atoms with E-state index in [9.17, 15) is 4.79 Å². The van der Waals surface area contributed by atoms with Crippen LogP contribution in [0.15, 0.2) is 0 Å². The summed E-state index contributed by atoms with van der Waals surface area (Å²) in [6.45, 7) is 5.94. The van der Waals surface area contributed by atoms with Crippen LogP contribution in [0.1, 0.15) is 65.7 Å². The number of piperidine rings is 1. The van der Waals surface area contributed by atoms with Crippen molar-refractivity contribution in [1.29, 1.82) is 0 Å². The molecule has 3 heteroatoms. The Morgan fingerprint density at radius 1 is 1.37 bits per heavy atom. The summed E-state index contributed by atoms with van der Waals surface area (Å²) >= 11 is 0. The number of unbranched alkanes of at least 4 members (excludes halogenated alkanes) is 1. The number of carbonyl (C=O) groups is 1. The predicted octanol–water partition coefficient (Wildman–Crippen LogP) is 3.28. The van der Waals surface area contributed by atoms with Crippen molar-refractivity contribution in [3.05, 3.63) is 0 Å². The zero-order chi connectivity index (χ0) is 13.8. The molecule has 0 aromatic rings. The van der Waals surface area contributed by atoms with Crippen LogP contribution in [-0.2, 0) is 9.53 Å². The van der Waals surface area contributed by atoms with Gasteiger partial charge in [-0.25, -0.2) is 0 Å². The first-order valence-corrected chi connectivity index (χ1v) is 8.05. The van der Waals surface area contributed by atoms with E-state index in [1.54, 1.807) is 0 Å². The van der Waals surface area contributed by atoms with Crippen molar-refractivity contribution in [1.82, 2.24) is 5.32 Å². The third-order valence-corrected chi connectivity index (χ3v) is 5.00. The van der Waals surface area contributed by atoms with Gasteiger partial charge in [0.15, 0.2) is 0 Å². The summed E-state index contributed by atoms with van der Waals surface area (Å²) in [4.78, 5) is 11.2. The minimum absolute atomic E-state index is 0.0703. The maximum atomic E-state index is 11.2. The van der Waals surface area contributed by atoms with Crippen LogP contribution in [0, 0.1) is 11.8 Å². The van der Waals surface area contributed by atoms with E-state index >= 15 is 0 Å². The molecule has 5 atom stereocenters. The Morgan fingerprint density at radius 3 is 2.84 bits per heavy atom. The quantitative estimate of drug-likeness (QED) is 0.794. The van der Waals surface area contributed by atoms with Crippen molar-refractivity contribution in [3.63, 3.8) is 0 Å². The zero-order valence-electron chi connectivity index (χ0n) is 12.7. The van der Waals surface area contributed by atoms with E-state index in [2.05, 4.69) is 19.2 Å². The van der Waals surface area contributed by atoms with Gasteiger partial charge in [0.05, 0.1) is 0 Å². The summed E-state index contributed by atoms with van der Waals surface area (Å²) in [5, 5.41) is 3.70. The van der Waals surface area contributed by atoms with Crippen LogP contribution < -0.4 is 5.32 Å². The molecule has 1 aliphatic heterocycles. The third-order valence-electron chi connectivity index (χ3n) is 5.00. The highest BCUT2D eigenvalue weighted by Gasteiger charge is 2.41. The summed E-state index contributed by atoms with van der Waals surface area (Å²) < 4.78 is 5.50. The van der Waals surface area contributed by atoms with E-state index in [-0.39, 0.29) is 12.1 Å². The Morgan fingerprint density at radius 2 is 2.16 bits per heavy atom. The van der Waals surface area contributed by atoms with E-state index in [0.717, 1.165) is 12.3 Å². The van der Waals surface area contributed by atoms with Crippen LogP contribution in [0.3, 0.4) is 0 Å². The van der Waals surface area contributed by atoms with Crippen LogP contribution in [0.25, 0.3) is 0 Å². The fraction of sp³-hybridized carbons (Fsp3) is 0.938. The monoisotopic (exact) mass is 267 g/mol. The van der Waals surface area contributed by atoms with E-state index in [4.69, 9.17) is 4.74 Å². The Labute approximate surface area is 117 Å². The smallest absolute Gasteiger partial charge is 0.302 e. The van der Waals surface area contributed by atoms with E-state index < -0.39 is 0 Å². The standard InChI is InChI=1S/C16H29NO2/c1-4-5-7-13-8-6-9-15-14(13)10-16(11(2)17-15)19-12(3)18/h11,13-17H,4-10H2,1-3H3/t11-,13+,14-,15+,16-/m0/s1. The number of nitrogens with one attached hydrogen (secondary N) is 1. The van der Waals surface area contributed by atoms with Gasteiger partial charge in [0.25, 0.3) is 0 Å². The summed E-state index contributed by atoms with van der Waals surface area (Å²) in [7, 11) is 0. The summed E-state index contributed by atoms with van der Waals surface area (Å²) in [6, 6.07) is 0.951. The van der Waals surface area contributed by atoms with Crippen molar-refractivity contribution < 1.29 is 9.53 Å². The highest BCUT2D eigenvalue weighted by atomic mass is 16.5. The van der Waals surface area contributed by atoms with E-state index in [0.29, 0.717) is 18.0 Å². The van der Waals surface area contributed by atoms with Crippen LogP contribution >= 0.6 is 0 Å². The lowest BCUT2D eigenvalue weighted by molar-refractivity contribution is -0.151.